The van der Waals surface area contributed by atoms with Crippen molar-refractivity contribution in [3.63, 3.8) is 0 Å². The van der Waals surface area contributed by atoms with Crippen molar-refractivity contribution < 1.29 is 52.7 Å². The molecule has 0 aliphatic rings. The van der Waals surface area contributed by atoms with E-state index in [9.17, 15) is 52.7 Å². The van der Waals surface area contributed by atoms with Gasteiger partial charge in [-0.3, -0.25) is 0 Å². The first-order valence-electron chi connectivity index (χ1n) is 7.36. The van der Waals surface area contributed by atoms with Gasteiger partial charge >= 0.3 is 24.7 Å². The summed E-state index contributed by atoms with van der Waals surface area (Å²) in [6.07, 6.45) is -21.1. The van der Waals surface area contributed by atoms with E-state index in [-0.39, 0.29) is 36.4 Å². The van der Waals surface area contributed by atoms with Crippen LogP contribution in [0.3, 0.4) is 0 Å². The fraction of sp³-hybridized carbons (Fsp3) is 0.250. The lowest BCUT2D eigenvalue weighted by atomic mass is 10.1. The van der Waals surface area contributed by atoms with Crippen LogP contribution in [-0.2, 0) is 24.7 Å². The van der Waals surface area contributed by atoms with Gasteiger partial charge in [0.1, 0.15) is 0 Å². The van der Waals surface area contributed by atoms with E-state index in [2.05, 4.69) is 0 Å². The van der Waals surface area contributed by atoms with Crippen molar-refractivity contribution in [3.8, 4) is 0 Å². The number of alkyl halides is 12. The Labute approximate surface area is 166 Å². The monoisotopic (exact) mass is 492 g/mol. The molecular weight excluding hydrogens is 487 g/mol. The van der Waals surface area contributed by atoms with Gasteiger partial charge in [-0.05, 0) is 30.3 Å². The highest BCUT2D eigenvalue weighted by Gasteiger charge is 2.42. The zero-order valence-electron chi connectivity index (χ0n) is 13.8. The molecule has 0 spiro atoms. The van der Waals surface area contributed by atoms with Crippen LogP contribution in [-0.4, -0.2) is 0 Å². The smallest absolute Gasteiger partial charge is 0.166 e. The molecule has 0 N–H and O–H groups in total. The molecule has 0 heterocycles. The second kappa shape index (κ2) is 7.78. The minimum Gasteiger partial charge on any atom is -0.166 e. The van der Waals surface area contributed by atoms with Gasteiger partial charge < -0.3 is 0 Å². The van der Waals surface area contributed by atoms with Gasteiger partial charge in [0, 0.05) is 10.6 Å². The number of hydrogen-bond donors (Lipinski definition) is 0. The molecular formula is C16H6ClF12P. The molecule has 0 bridgehead atoms. The molecule has 14 heteroatoms. The van der Waals surface area contributed by atoms with Crippen molar-refractivity contribution in [2.75, 3.05) is 0 Å². The van der Waals surface area contributed by atoms with Gasteiger partial charge in [0.15, 0.2) is 0 Å². The van der Waals surface area contributed by atoms with Crippen LogP contribution in [0.4, 0.5) is 52.7 Å². The van der Waals surface area contributed by atoms with Crippen LogP contribution in [0.15, 0.2) is 36.4 Å². The summed E-state index contributed by atoms with van der Waals surface area (Å²) in [5.74, 6) is 0. The Kier molecular flexibility index (Phi) is 6.38. The van der Waals surface area contributed by atoms with Crippen molar-refractivity contribution >= 4 is 29.1 Å². The van der Waals surface area contributed by atoms with E-state index in [1.54, 1.807) is 0 Å². The van der Waals surface area contributed by atoms with Crippen LogP contribution in [0, 0.1) is 0 Å². The molecule has 1 atom stereocenters. The van der Waals surface area contributed by atoms with Gasteiger partial charge in [-0.1, -0.05) is 17.3 Å². The van der Waals surface area contributed by atoms with Gasteiger partial charge in [0.25, 0.3) is 0 Å². The molecule has 0 fully saturated rings. The zero-order valence-corrected chi connectivity index (χ0v) is 15.5. The van der Waals surface area contributed by atoms with Gasteiger partial charge in [-0.15, -0.1) is 0 Å². The Hall–Kier alpha value is -1.68. The SMILES string of the molecule is FC(F)(F)c1ccc(C(F)(F)F)c(P(Cl)c2ccc(C(F)(F)F)cc2C(F)(F)F)c1. The lowest BCUT2D eigenvalue weighted by Gasteiger charge is -2.22. The van der Waals surface area contributed by atoms with E-state index in [1.807, 2.05) is 0 Å². The average Bonchev–Trinajstić information content (AvgIpc) is 2.57. The topological polar surface area (TPSA) is 0 Å². The average molecular weight is 493 g/mol. The second-order valence-electron chi connectivity index (χ2n) is 5.74. The molecule has 1 unspecified atom stereocenters. The lowest BCUT2D eigenvalue weighted by molar-refractivity contribution is -0.142. The highest BCUT2D eigenvalue weighted by molar-refractivity contribution is 7.95. The van der Waals surface area contributed by atoms with Crippen LogP contribution in [0.2, 0.25) is 0 Å². The van der Waals surface area contributed by atoms with E-state index in [4.69, 9.17) is 11.2 Å². The van der Waals surface area contributed by atoms with Crippen molar-refractivity contribution in [2.24, 2.45) is 0 Å². The normalized spacial score (nSPS) is 14.7. The standard InChI is InChI=1S/C16H6ClF12P/c17-30(11-4-2-7(13(18,19)20)5-10(11)16(27,28)29)12-6-8(14(21,22)23)1-3-9(12)15(24,25)26/h1-6H. The molecule has 2 aromatic carbocycles. The van der Waals surface area contributed by atoms with E-state index >= 15 is 0 Å². The number of halogens is 13. The largest absolute Gasteiger partial charge is 0.417 e. The number of hydrogen-bond acceptors (Lipinski definition) is 0. The van der Waals surface area contributed by atoms with Crippen LogP contribution < -0.4 is 10.6 Å². The molecule has 0 aliphatic heterocycles. The Morgan fingerprint density at radius 1 is 0.500 bits per heavy atom. The van der Waals surface area contributed by atoms with Gasteiger partial charge in [0.05, 0.1) is 29.5 Å². The lowest BCUT2D eigenvalue weighted by Crippen LogP contribution is -2.26. The summed E-state index contributed by atoms with van der Waals surface area (Å²) in [5.41, 5.74) is -7.09. The Balaban J connectivity index is 2.77. The predicted octanol–water partition coefficient (Wildman–Crippen LogP) is 7.35. The molecule has 2 rings (SSSR count). The van der Waals surface area contributed by atoms with Crippen LogP contribution in [0.5, 0.6) is 0 Å². The minimum absolute atomic E-state index is 0.00716. The molecule has 0 amide bonds. The van der Waals surface area contributed by atoms with Gasteiger partial charge in [0.2, 0.25) is 0 Å². The molecule has 0 saturated heterocycles. The minimum atomic E-state index is -5.47. The molecule has 30 heavy (non-hydrogen) atoms. The zero-order chi connectivity index (χ0) is 23.3. The van der Waals surface area contributed by atoms with E-state index in [0.717, 1.165) is 0 Å². The Morgan fingerprint density at radius 3 is 1.37 bits per heavy atom. The Bertz CT molecular complexity index is 924. The molecule has 0 aromatic heterocycles. The third-order valence-corrected chi connectivity index (χ3v) is 6.38. The summed E-state index contributed by atoms with van der Waals surface area (Å²) < 4.78 is 156. The maximum absolute atomic E-state index is 13.3. The summed E-state index contributed by atoms with van der Waals surface area (Å²) in [7, 11) is -3.29. The van der Waals surface area contributed by atoms with Crippen molar-refractivity contribution in [1.82, 2.24) is 0 Å². The third-order valence-electron chi connectivity index (χ3n) is 3.68. The highest BCUT2D eigenvalue weighted by Crippen LogP contribution is 2.48. The first kappa shape index (κ1) is 24.6. The molecule has 0 radical (unpaired) electrons. The van der Waals surface area contributed by atoms with Crippen molar-refractivity contribution in [2.45, 2.75) is 24.7 Å². The van der Waals surface area contributed by atoms with Crippen LogP contribution in [0.25, 0.3) is 0 Å². The fourth-order valence-corrected chi connectivity index (χ4v) is 4.75. The first-order chi connectivity index (χ1) is 13.3. The summed E-state index contributed by atoms with van der Waals surface area (Å²) in [6.45, 7) is 0. The number of benzene rings is 2. The second-order valence-corrected chi connectivity index (χ2v) is 8.28. The quantitative estimate of drug-likeness (QED) is 0.304. The maximum atomic E-state index is 13.3. The van der Waals surface area contributed by atoms with Gasteiger partial charge in [-0.25, -0.2) is 0 Å². The number of rotatable bonds is 2. The molecule has 2 aromatic rings. The van der Waals surface area contributed by atoms with E-state index in [1.165, 1.54) is 0 Å². The molecule has 0 nitrogen and oxygen atoms in total. The van der Waals surface area contributed by atoms with Crippen LogP contribution >= 0.6 is 18.5 Å². The molecule has 0 saturated carbocycles. The third kappa shape index (κ3) is 5.32. The first-order valence-corrected chi connectivity index (χ1v) is 9.61. The fourth-order valence-electron chi connectivity index (χ4n) is 2.35. The van der Waals surface area contributed by atoms with Gasteiger partial charge in [-0.2, -0.15) is 52.7 Å². The predicted molar refractivity (Wildman–Crippen MR) is 84.9 cm³/mol. The molecule has 0 aliphatic carbocycles. The summed E-state index contributed by atoms with van der Waals surface area (Å²) in [5, 5.41) is -2.52. The maximum Gasteiger partial charge on any atom is 0.417 e. The summed E-state index contributed by atoms with van der Waals surface area (Å²) >= 11 is 5.76. The Morgan fingerprint density at radius 2 is 0.933 bits per heavy atom. The summed E-state index contributed by atoms with van der Waals surface area (Å²) in [6, 6.07) is 0.0399. The van der Waals surface area contributed by atoms with E-state index < -0.39 is 64.8 Å². The highest BCUT2D eigenvalue weighted by atomic mass is 35.7. The van der Waals surface area contributed by atoms with E-state index in [0.29, 0.717) is 0 Å². The van der Waals surface area contributed by atoms with Crippen LogP contribution in [0.1, 0.15) is 22.3 Å². The van der Waals surface area contributed by atoms with Crippen molar-refractivity contribution in [3.05, 3.63) is 58.7 Å². The van der Waals surface area contributed by atoms with Crippen molar-refractivity contribution in [1.29, 1.82) is 0 Å². The molecule has 166 valence electrons. The summed E-state index contributed by atoms with van der Waals surface area (Å²) in [4.78, 5) is 0.